The Labute approximate surface area is 101 Å². The molecule has 1 aliphatic heterocycles. The first-order valence-corrected chi connectivity index (χ1v) is 7.26. The van der Waals surface area contributed by atoms with Crippen LogP contribution in [0.5, 0.6) is 0 Å². The van der Waals surface area contributed by atoms with Crippen LogP contribution in [-0.4, -0.2) is 37.1 Å². The number of likely N-dealkylation sites (N-methyl/N-ethyl adjacent to an activating group) is 1. The molecule has 2 aliphatic rings. The molecule has 0 radical (unpaired) electrons. The van der Waals surface area contributed by atoms with Gasteiger partial charge < -0.3 is 5.32 Å². The van der Waals surface area contributed by atoms with Gasteiger partial charge >= 0.3 is 0 Å². The van der Waals surface area contributed by atoms with Gasteiger partial charge in [0.05, 0.1) is 0 Å². The Morgan fingerprint density at radius 3 is 2.69 bits per heavy atom. The largest absolute Gasteiger partial charge is 0.315 e. The lowest BCUT2D eigenvalue weighted by molar-refractivity contribution is 0.0768. The van der Waals surface area contributed by atoms with Crippen LogP contribution in [0.3, 0.4) is 0 Å². The molecule has 2 rings (SSSR count). The Bertz CT molecular complexity index is 205. The summed E-state index contributed by atoms with van der Waals surface area (Å²) >= 11 is 0. The third-order valence-corrected chi connectivity index (χ3v) is 4.70. The Morgan fingerprint density at radius 1 is 1.12 bits per heavy atom. The van der Waals surface area contributed by atoms with Crippen molar-refractivity contribution in [2.45, 2.75) is 64.0 Å². The molecular weight excluding hydrogens is 196 g/mol. The number of hydrogen-bond donors (Lipinski definition) is 1. The van der Waals surface area contributed by atoms with Gasteiger partial charge in [-0.15, -0.1) is 0 Å². The van der Waals surface area contributed by atoms with Crippen molar-refractivity contribution in [3.8, 4) is 0 Å². The van der Waals surface area contributed by atoms with Crippen LogP contribution in [0.4, 0.5) is 0 Å². The van der Waals surface area contributed by atoms with Crippen LogP contribution >= 0.6 is 0 Å². The minimum Gasteiger partial charge on any atom is -0.315 e. The summed E-state index contributed by atoms with van der Waals surface area (Å²) < 4.78 is 0. The molecule has 1 saturated carbocycles. The quantitative estimate of drug-likeness (QED) is 0.793. The van der Waals surface area contributed by atoms with Gasteiger partial charge in [-0.05, 0) is 45.2 Å². The van der Waals surface area contributed by atoms with E-state index in [0.717, 1.165) is 18.0 Å². The van der Waals surface area contributed by atoms with Crippen LogP contribution in [-0.2, 0) is 0 Å². The first kappa shape index (κ1) is 12.4. The highest BCUT2D eigenvalue weighted by atomic mass is 15.2. The summed E-state index contributed by atoms with van der Waals surface area (Å²) in [6, 6.07) is 1.58. The molecule has 2 heteroatoms. The standard InChI is InChI=1S/C14H28N2/c1-3-12-7-6-10-16(11-12)14-9-5-4-8-13(14)15-2/h12-15H,3-11H2,1-2H3. The van der Waals surface area contributed by atoms with Crippen molar-refractivity contribution in [3.05, 3.63) is 0 Å². The van der Waals surface area contributed by atoms with E-state index in [-0.39, 0.29) is 0 Å². The molecule has 3 atom stereocenters. The van der Waals surface area contributed by atoms with Gasteiger partial charge in [0.25, 0.3) is 0 Å². The van der Waals surface area contributed by atoms with Crippen LogP contribution < -0.4 is 5.32 Å². The molecule has 0 bridgehead atoms. The monoisotopic (exact) mass is 224 g/mol. The summed E-state index contributed by atoms with van der Waals surface area (Å²) in [5.74, 6) is 0.966. The van der Waals surface area contributed by atoms with E-state index in [9.17, 15) is 0 Å². The van der Waals surface area contributed by atoms with E-state index in [0.29, 0.717) is 0 Å². The SMILES string of the molecule is CCC1CCCN(C2CCCCC2NC)C1. The Hall–Kier alpha value is -0.0800. The minimum atomic E-state index is 0.754. The van der Waals surface area contributed by atoms with Crippen molar-refractivity contribution >= 4 is 0 Å². The average molecular weight is 224 g/mol. The molecule has 3 unspecified atom stereocenters. The first-order chi connectivity index (χ1) is 7.85. The number of hydrogen-bond acceptors (Lipinski definition) is 2. The molecular formula is C14H28N2. The molecule has 16 heavy (non-hydrogen) atoms. The summed E-state index contributed by atoms with van der Waals surface area (Å²) in [7, 11) is 2.14. The molecule has 1 saturated heterocycles. The Kier molecular flexibility index (Phi) is 4.66. The van der Waals surface area contributed by atoms with Gasteiger partial charge in [-0.2, -0.15) is 0 Å². The molecule has 0 spiro atoms. The average Bonchev–Trinajstić information content (AvgIpc) is 2.38. The molecule has 0 aromatic carbocycles. The van der Waals surface area contributed by atoms with E-state index in [1.54, 1.807) is 0 Å². The van der Waals surface area contributed by atoms with Gasteiger partial charge in [0, 0.05) is 18.6 Å². The second-order valence-corrected chi connectivity index (χ2v) is 5.66. The van der Waals surface area contributed by atoms with Gasteiger partial charge in [0.15, 0.2) is 0 Å². The second-order valence-electron chi connectivity index (χ2n) is 5.66. The van der Waals surface area contributed by atoms with Crippen LogP contribution in [0.25, 0.3) is 0 Å². The zero-order valence-electron chi connectivity index (χ0n) is 11.0. The number of piperidine rings is 1. The predicted molar refractivity (Wildman–Crippen MR) is 69.7 cm³/mol. The molecule has 1 aliphatic carbocycles. The molecule has 0 aromatic heterocycles. The number of nitrogens with zero attached hydrogens (tertiary/aromatic N) is 1. The zero-order valence-corrected chi connectivity index (χ0v) is 11.0. The number of nitrogens with one attached hydrogen (secondary N) is 1. The third-order valence-electron chi connectivity index (χ3n) is 4.70. The highest BCUT2D eigenvalue weighted by Gasteiger charge is 2.31. The molecule has 2 nitrogen and oxygen atoms in total. The van der Waals surface area contributed by atoms with Gasteiger partial charge in [-0.3, -0.25) is 4.90 Å². The van der Waals surface area contributed by atoms with Gasteiger partial charge in [0.1, 0.15) is 0 Å². The van der Waals surface area contributed by atoms with E-state index >= 15 is 0 Å². The molecule has 1 N–H and O–H groups in total. The summed E-state index contributed by atoms with van der Waals surface area (Å²) in [4.78, 5) is 2.79. The van der Waals surface area contributed by atoms with E-state index in [2.05, 4.69) is 24.2 Å². The van der Waals surface area contributed by atoms with Crippen molar-refractivity contribution in [2.75, 3.05) is 20.1 Å². The van der Waals surface area contributed by atoms with E-state index in [1.807, 2.05) is 0 Å². The van der Waals surface area contributed by atoms with Gasteiger partial charge in [0.2, 0.25) is 0 Å². The third kappa shape index (κ3) is 2.78. The summed E-state index contributed by atoms with van der Waals surface area (Å²) in [6.07, 6.45) is 9.92. The fourth-order valence-corrected chi connectivity index (χ4v) is 3.62. The van der Waals surface area contributed by atoms with Crippen molar-refractivity contribution in [1.82, 2.24) is 10.2 Å². The lowest BCUT2D eigenvalue weighted by Gasteiger charge is -2.43. The highest BCUT2D eigenvalue weighted by Crippen LogP contribution is 2.28. The molecule has 0 aromatic rings. The fourth-order valence-electron chi connectivity index (χ4n) is 3.62. The second kappa shape index (κ2) is 6.02. The van der Waals surface area contributed by atoms with Crippen molar-refractivity contribution in [2.24, 2.45) is 5.92 Å². The van der Waals surface area contributed by atoms with E-state index < -0.39 is 0 Å². The maximum Gasteiger partial charge on any atom is 0.0249 e. The summed E-state index contributed by atoms with van der Waals surface area (Å²) in [5, 5.41) is 3.54. The molecule has 94 valence electrons. The highest BCUT2D eigenvalue weighted by molar-refractivity contribution is 4.89. The van der Waals surface area contributed by atoms with Crippen molar-refractivity contribution in [1.29, 1.82) is 0 Å². The lowest BCUT2D eigenvalue weighted by Crippen LogP contribution is -2.53. The van der Waals surface area contributed by atoms with Crippen LogP contribution in [0.1, 0.15) is 51.9 Å². The Morgan fingerprint density at radius 2 is 1.94 bits per heavy atom. The lowest BCUT2D eigenvalue weighted by atomic mass is 9.86. The molecule has 0 amide bonds. The predicted octanol–water partition coefficient (Wildman–Crippen LogP) is 2.64. The number of rotatable bonds is 3. The molecule has 1 heterocycles. The molecule has 2 fully saturated rings. The maximum absolute atomic E-state index is 3.54. The van der Waals surface area contributed by atoms with Crippen molar-refractivity contribution < 1.29 is 0 Å². The van der Waals surface area contributed by atoms with Crippen LogP contribution in [0, 0.1) is 5.92 Å². The minimum absolute atomic E-state index is 0.754. The maximum atomic E-state index is 3.54. The Balaban J connectivity index is 1.93. The first-order valence-electron chi connectivity index (χ1n) is 7.26. The van der Waals surface area contributed by atoms with Gasteiger partial charge in [-0.25, -0.2) is 0 Å². The normalized spacial score (nSPS) is 37.5. The summed E-state index contributed by atoms with van der Waals surface area (Å²) in [6.45, 7) is 5.06. The summed E-state index contributed by atoms with van der Waals surface area (Å²) in [5.41, 5.74) is 0. The fraction of sp³-hybridized carbons (Fsp3) is 1.00. The van der Waals surface area contributed by atoms with Crippen LogP contribution in [0.2, 0.25) is 0 Å². The smallest absolute Gasteiger partial charge is 0.0249 e. The van der Waals surface area contributed by atoms with E-state index in [4.69, 9.17) is 0 Å². The topological polar surface area (TPSA) is 15.3 Å². The zero-order chi connectivity index (χ0) is 11.4. The van der Waals surface area contributed by atoms with Gasteiger partial charge in [-0.1, -0.05) is 26.2 Å². The number of likely N-dealkylation sites (tertiary alicyclic amines) is 1. The van der Waals surface area contributed by atoms with E-state index in [1.165, 1.54) is 58.0 Å². The van der Waals surface area contributed by atoms with Crippen molar-refractivity contribution in [3.63, 3.8) is 0 Å². The van der Waals surface area contributed by atoms with Crippen LogP contribution in [0.15, 0.2) is 0 Å².